The van der Waals surface area contributed by atoms with Crippen molar-refractivity contribution < 1.29 is 22.8 Å². The highest BCUT2D eigenvalue weighted by molar-refractivity contribution is 6.03. The number of carbonyl (C=O) groups excluding carboxylic acids is 2. The van der Waals surface area contributed by atoms with Gasteiger partial charge < -0.3 is 10.6 Å². The Morgan fingerprint density at radius 3 is 2.49 bits per heavy atom. The van der Waals surface area contributed by atoms with Crippen molar-refractivity contribution >= 4 is 23.3 Å². The lowest BCUT2D eigenvalue weighted by atomic mass is 9.98. The average Bonchev–Trinajstić information content (AvgIpc) is 3.75. The van der Waals surface area contributed by atoms with Crippen LogP contribution in [0.4, 0.5) is 24.7 Å². The molecule has 5 rings (SSSR count). The zero-order valence-corrected chi connectivity index (χ0v) is 21.0. The van der Waals surface area contributed by atoms with Crippen molar-refractivity contribution in [3.63, 3.8) is 0 Å². The van der Waals surface area contributed by atoms with Crippen LogP contribution in [0.25, 0.3) is 22.4 Å². The van der Waals surface area contributed by atoms with E-state index in [1.54, 1.807) is 36.5 Å². The second kappa shape index (κ2) is 10.2. The Balaban J connectivity index is 1.42. The quantitative estimate of drug-likeness (QED) is 0.323. The molecule has 1 aromatic carbocycles. The van der Waals surface area contributed by atoms with Gasteiger partial charge in [-0.15, -0.1) is 5.10 Å². The molecule has 1 aliphatic carbocycles. The lowest BCUT2D eigenvalue weighted by Crippen LogP contribution is -2.16. The van der Waals surface area contributed by atoms with E-state index in [1.807, 2.05) is 26.0 Å². The number of carbonyl (C=O) groups is 2. The maximum absolute atomic E-state index is 13.0. The highest BCUT2D eigenvalue weighted by Crippen LogP contribution is 2.33. The number of alkyl halides is 3. The van der Waals surface area contributed by atoms with Crippen LogP contribution in [0.5, 0.6) is 0 Å². The fourth-order valence-corrected chi connectivity index (χ4v) is 4.04. The predicted molar refractivity (Wildman–Crippen MR) is 139 cm³/mol. The van der Waals surface area contributed by atoms with Crippen molar-refractivity contribution in [1.82, 2.24) is 20.2 Å². The highest BCUT2D eigenvalue weighted by Gasteiger charge is 2.32. The number of halogens is 3. The Morgan fingerprint density at radius 1 is 0.949 bits per heavy atom. The molecule has 8 nitrogen and oxygen atoms in total. The number of pyridine rings is 2. The largest absolute Gasteiger partial charge is 0.418 e. The number of benzene rings is 1. The first-order chi connectivity index (χ1) is 18.6. The van der Waals surface area contributed by atoms with Gasteiger partial charge in [-0.2, -0.15) is 18.3 Å². The Labute approximate surface area is 221 Å². The van der Waals surface area contributed by atoms with Gasteiger partial charge >= 0.3 is 6.18 Å². The third-order valence-corrected chi connectivity index (χ3v) is 6.23. The fourth-order valence-electron chi connectivity index (χ4n) is 4.04. The first kappa shape index (κ1) is 26.0. The molecule has 0 unspecified atom stereocenters. The Bertz CT molecular complexity index is 1580. The topological polar surface area (TPSA) is 110 Å². The van der Waals surface area contributed by atoms with Gasteiger partial charge in [-0.05, 0) is 85.8 Å². The minimum absolute atomic E-state index is 0.0388. The number of hydrogen-bond donors (Lipinski definition) is 2. The second-order valence-corrected chi connectivity index (χ2v) is 9.39. The van der Waals surface area contributed by atoms with Gasteiger partial charge in [-0.25, -0.2) is 4.98 Å². The summed E-state index contributed by atoms with van der Waals surface area (Å²) in [6, 6.07) is 13.2. The van der Waals surface area contributed by atoms with E-state index in [-0.39, 0.29) is 11.8 Å². The van der Waals surface area contributed by atoms with E-state index in [2.05, 4.69) is 30.8 Å². The molecular weight excluding hydrogens is 509 g/mol. The summed E-state index contributed by atoms with van der Waals surface area (Å²) in [6.07, 6.45) is -0.686. The molecule has 2 amide bonds. The molecule has 2 N–H and O–H groups in total. The number of nitrogens with zero attached hydrogens (tertiary/aromatic N) is 4. The molecule has 0 atom stereocenters. The molecule has 0 spiro atoms. The molecule has 0 saturated heterocycles. The molecule has 4 aromatic rings. The van der Waals surface area contributed by atoms with Crippen LogP contribution >= 0.6 is 0 Å². The van der Waals surface area contributed by atoms with Crippen molar-refractivity contribution in [3.05, 3.63) is 83.4 Å². The normalized spacial score (nSPS) is 13.2. The molecule has 3 heterocycles. The smallest absolute Gasteiger partial charge is 0.321 e. The third-order valence-electron chi connectivity index (χ3n) is 6.23. The molecule has 11 heteroatoms. The van der Waals surface area contributed by atoms with Gasteiger partial charge in [-0.3, -0.25) is 14.6 Å². The van der Waals surface area contributed by atoms with E-state index in [1.165, 1.54) is 0 Å². The van der Waals surface area contributed by atoms with Crippen molar-refractivity contribution in [2.75, 3.05) is 10.6 Å². The van der Waals surface area contributed by atoms with Crippen molar-refractivity contribution in [3.8, 4) is 22.4 Å². The summed E-state index contributed by atoms with van der Waals surface area (Å²) in [5.74, 6) is -0.348. The van der Waals surface area contributed by atoms with Crippen LogP contribution in [0.2, 0.25) is 0 Å². The molecular formula is C28H23F3N6O2. The van der Waals surface area contributed by atoms with Gasteiger partial charge in [0, 0.05) is 29.1 Å². The average molecular weight is 533 g/mol. The zero-order chi connectivity index (χ0) is 27.7. The molecule has 198 valence electrons. The van der Waals surface area contributed by atoms with Crippen LogP contribution < -0.4 is 10.6 Å². The number of hydrogen-bond acceptors (Lipinski definition) is 6. The number of aromatic nitrogens is 4. The molecule has 3 aromatic heterocycles. The lowest BCUT2D eigenvalue weighted by Gasteiger charge is -2.13. The zero-order valence-electron chi connectivity index (χ0n) is 21.0. The molecule has 0 bridgehead atoms. The van der Waals surface area contributed by atoms with Gasteiger partial charge in [0.25, 0.3) is 5.91 Å². The van der Waals surface area contributed by atoms with Crippen LogP contribution in [0, 0.1) is 19.8 Å². The van der Waals surface area contributed by atoms with Crippen molar-refractivity contribution in [2.24, 2.45) is 5.92 Å². The summed E-state index contributed by atoms with van der Waals surface area (Å²) in [5.41, 5.74) is 3.59. The summed E-state index contributed by atoms with van der Waals surface area (Å²) < 4.78 is 39.0. The molecule has 0 radical (unpaired) electrons. The molecule has 1 aliphatic rings. The van der Waals surface area contributed by atoms with Gasteiger partial charge in [0.2, 0.25) is 5.91 Å². The Hall–Kier alpha value is -4.67. The highest BCUT2D eigenvalue weighted by atomic mass is 19.4. The summed E-state index contributed by atoms with van der Waals surface area (Å²) in [5, 5.41) is 12.3. The number of anilines is 2. The molecule has 1 saturated carbocycles. The Morgan fingerprint density at radius 2 is 1.74 bits per heavy atom. The maximum Gasteiger partial charge on any atom is 0.418 e. The third kappa shape index (κ3) is 6.08. The minimum atomic E-state index is -4.64. The standard InChI is InChI=1S/C28H23F3N6O2/c1-15-3-6-21(35-27(39)24-12-20(14-33-37-24)28(29,30)31)13-22(15)19-9-16(2)34-23(10-19)18-7-8-32-25(11-18)36-26(38)17-4-5-17/h3,6-14,17H,4-5H2,1-2H3,(H,35,39)(H,32,36,38). The van der Waals surface area contributed by atoms with Crippen molar-refractivity contribution in [1.29, 1.82) is 0 Å². The van der Waals surface area contributed by atoms with E-state index in [9.17, 15) is 22.8 Å². The van der Waals surface area contributed by atoms with Gasteiger partial charge in [0.05, 0.1) is 17.5 Å². The summed E-state index contributed by atoms with van der Waals surface area (Å²) in [4.78, 5) is 33.7. The fraction of sp³-hybridized carbons (Fsp3) is 0.214. The predicted octanol–water partition coefficient (Wildman–Crippen LogP) is 5.84. The van der Waals surface area contributed by atoms with Crippen LogP contribution in [0.3, 0.4) is 0 Å². The summed E-state index contributed by atoms with van der Waals surface area (Å²) in [6.45, 7) is 3.77. The first-order valence-corrected chi connectivity index (χ1v) is 12.1. The minimum Gasteiger partial charge on any atom is -0.321 e. The number of amides is 2. The number of aryl methyl sites for hydroxylation is 2. The van der Waals surface area contributed by atoms with Crippen LogP contribution in [-0.2, 0) is 11.0 Å². The van der Waals surface area contributed by atoms with E-state index in [0.717, 1.165) is 40.8 Å². The first-order valence-electron chi connectivity index (χ1n) is 12.1. The summed E-state index contributed by atoms with van der Waals surface area (Å²) >= 11 is 0. The maximum atomic E-state index is 13.0. The lowest BCUT2D eigenvalue weighted by molar-refractivity contribution is -0.138. The van der Waals surface area contributed by atoms with E-state index >= 15 is 0 Å². The van der Waals surface area contributed by atoms with Crippen molar-refractivity contribution in [2.45, 2.75) is 32.9 Å². The van der Waals surface area contributed by atoms with Gasteiger partial charge in [-0.1, -0.05) is 6.07 Å². The number of rotatable bonds is 6. The SMILES string of the molecule is Cc1cc(-c2cc(NC(=O)c3cc(C(F)(F)F)cnn3)ccc2C)cc(-c2ccnc(NC(=O)C3CC3)c2)n1. The Kier molecular flexibility index (Phi) is 6.81. The van der Waals surface area contributed by atoms with Gasteiger partial charge in [0.1, 0.15) is 5.82 Å². The van der Waals surface area contributed by atoms with Crippen LogP contribution in [0.1, 0.15) is 40.2 Å². The number of nitrogens with one attached hydrogen (secondary N) is 2. The van der Waals surface area contributed by atoms with E-state index in [0.29, 0.717) is 29.5 Å². The monoisotopic (exact) mass is 532 g/mol. The molecule has 39 heavy (non-hydrogen) atoms. The molecule has 0 aliphatic heterocycles. The van der Waals surface area contributed by atoms with Crippen LogP contribution in [0.15, 0.2) is 60.9 Å². The van der Waals surface area contributed by atoms with Gasteiger partial charge in [0.15, 0.2) is 5.69 Å². The summed E-state index contributed by atoms with van der Waals surface area (Å²) in [7, 11) is 0. The molecule has 1 fully saturated rings. The van der Waals surface area contributed by atoms with E-state index < -0.39 is 23.3 Å². The van der Waals surface area contributed by atoms with E-state index in [4.69, 9.17) is 0 Å². The second-order valence-electron chi connectivity index (χ2n) is 9.39. The van der Waals surface area contributed by atoms with Crippen LogP contribution in [-0.4, -0.2) is 32.0 Å².